The number of methoxy groups -OCH3 is 1. The zero-order chi connectivity index (χ0) is 14.8. The summed E-state index contributed by atoms with van der Waals surface area (Å²) in [7, 11) is 1.26. The highest BCUT2D eigenvalue weighted by Crippen LogP contribution is 2.03. The molecule has 0 bridgehead atoms. The van der Waals surface area contributed by atoms with Crippen molar-refractivity contribution in [3.05, 3.63) is 0 Å². The van der Waals surface area contributed by atoms with Crippen molar-refractivity contribution in [1.82, 2.24) is 10.6 Å². The molecule has 0 saturated carbocycles. The van der Waals surface area contributed by atoms with Crippen LogP contribution >= 0.6 is 0 Å². The molecule has 0 aliphatic rings. The highest BCUT2D eigenvalue weighted by atomic mass is 16.5. The fourth-order valence-electron chi connectivity index (χ4n) is 1.42. The first-order chi connectivity index (χ1) is 8.90. The van der Waals surface area contributed by atoms with Crippen LogP contribution in [0.3, 0.4) is 0 Å². The first-order valence-electron chi connectivity index (χ1n) is 6.24. The van der Waals surface area contributed by atoms with E-state index in [1.807, 2.05) is 6.92 Å². The van der Waals surface area contributed by atoms with Crippen molar-refractivity contribution < 1.29 is 24.2 Å². The minimum Gasteiger partial charge on any atom is -0.481 e. The van der Waals surface area contributed by atoms with Gasteiger partial charge in [-0.25, -0.2) is 9.59 Å². The number of carboxylic acid groups (broad SMARTS) is 1. The predicted octanol–water partition coefficient (Wildman–Crippen LogP) is 0.738. The molecule has 0 fully saturated rings. The third kappa shape index (κ3) is 8.01. The van der Waals surface area contributed by atoms with E-state index in [0.717, 1.165) is 0 Å². The molecular formula is C12H22N2O5. The fraction of sp³-hybridized carbons (Fsp3) is 0.750. The van der Waals surface area contributed by atoms with Crippen molar-refractivity contribution in [2.75, 3.05) is 13.7 Å². The van der Waals surface area contributed by atoms with E-state index in [9.17, 15) is 14.4 Å². The highest BCUT2D eigenvalue weighted by Gasteiger charge is 2.19. The van der Waals surface area contributed by atoms with E-state index in [0.29, 0.717) is 19.4 Å². The van der Waals surface area contributed by atoms with Gasteiger partial charge in [-0.3, -0.25) is 4.79 Å². The molecule has 7 heteroatoms. The van der Waals surface area contributed by atoms with Crippen LogP contribution in [0.15, 0.2) is 0 Å². The highest BCUT2D eigenvalue weighted by molar-refractivity contribution is 5.83. The number of aliphatic carboxylic acids is 1. The zero-order valence-electron chi connectivity index (χ0n) is 11.6. The van der Waals surface area contributed by atoms with E-state index in [2.05, 4.69) is 15.4 Å². The number of hydrogen-bond donors (Lipinski definition) is 3. The van der Waals surface area contributed by atoms with Crippen LogP contribution in [0.25, 0.3) is 0 Å². The van der Waals surface area contributed by atoms with E-state index in [-0.39, 0.29) is 12.3 Å². The van der Waals surface area contributed by atoms with Gasteiger partial charge in [0.2, 0.25) is 0 Å². The minimum absolute atomic E-state index is 0.0556. The molecule has 0 aromatic carbocycles. The van der Waals surface area contributed by atoms with Crippen molar-refractivity contribution in [1.29, 1.82) is 0 Å². The molecule has 0 aromatic rings. The number of nitrogens with one attached hydrogen (secondary N) is 2. The van der Waals surface area contributed by atoms with Gasteiger partial charge < -0.3 is 20.5 Å². The third-order valence-corrected chi connectivity index (χ3v) is 2.66. The average molecular weight is 274 g/mol. The Balaban J connectivity index is 3.97. The maximum atomic E-state index is 11.5. The summed E-state index contributed by atoms with van der Waals surface area (Å²) >= 11 is 0. The molecule has 19 heavy (non-hydrogen) atoms. The van der Waals surface area contributed by atoms with Gasteiger partial charge in [0.15, 0.2) is 0 Å². The fourth-order valence-corrected chi connectivity index (χ4v) is 1.42. The Hall–Kier alpha value is -1.79. The Morgan fingerprint density at radius 3 is 2.42 bits per heavy atom. The van der Waals surface area contributed by atoms with Crippen LogP contribution < -0.4 is 10.6 Å². The SMILES string of the molecule is CCC(NC(=O)NCC(C)CCC(=O)O)C(=O)OC. The minimum atomic E-state index is -0.854. The van der Waals surface area contributed by atoms with Crippen LogP contribution in [0.1, 0.15) is 33.1 Å². The number of ether oxygens (including phenoxy) is 1. The largest absolute Gasteiger partial charge is 0.481 e. The Morgan fingerprint density at radius 2 is 1.95 bits per heavy atom. The molecular weight excluding hydrogens is 252 g/mol. The van der Waals surface area contributed by atoms with Crippen LogP contribution in [0.2, 0.25) is 0 Å². The van der Waals surface area contributed by atoms with Crippen LogP contribution in [0.5, 0.6) is 0 Å². The van der Waals surface area contributed by atoms with Gasteiger partial charge in [0.1, 0.15) is 6.04 Å². The molecule has 0 saturated heterocycles. The smallest absolute Gasteiger partial charge is 0.328 e. The number of urea groups is 1. The van der Waals surface area contributed by atoms with Crippen LogP contribution in [0, 0.1) is 5.92 Å². The molecule has 2 atom stereocenters. The number of amides is 2. The molecule has 0 rings (SSSR count). The summed E-state index contributed by atoms with van der Waals surface area (Å²) in [6.45, 7) is 3.97. The van der Waals surface area contributed by atoms with Gasteiger partial charge in [0, 0.05) is 13.0 Å². The lowest BCUT2D eigenvalue weighted by molar-refractivity contribution is -0.143. The van der Waals surface area contributed by atoms with Crippen molar-refractivity contribution in [2.24, 2.45) is 5.92 Å². The van der Waals surface area contributed by atoms with Crippen LogP contribution in [-0.2, 0) is 14.3 Å². The molecule has 2 amide bonds. The number of rotatable bonds is 8. The van der Waals surface area contributed by atoms with Crippen molar-refractivity contribution in [3.8, 4) is 0 Å². The second-order valence-corrected chi connectivity index (χ2v) is 4.38. The molecule has 0 radical (unpaired) electrons. The quantitative estimate of drug-likeness (QED) is 0.566. The van der Waals surface area contributed by atoms with E-state index in [1.54, 1.807) is 6.92 Å². The van der Waals surface area contributed by atoms with Crippen molar-refractivity contribution in [2.45, 2.75) is 39.2 Å². The molecule has 110 valence electrons. The first-order valence-corrected chi connectivity index (χ1v) is 6.24. The van der Waals surface area contributed by atoms with E-state index in [4.69, 9.17) is 5.11 Å². The van der Waals surface area contributed by atoms with Gasteiger partial charge >= 0.3 is 18.0 Å². The van der Waals surface area contributed by atoms with Crippen LogP contribution in [0.4, 0.5) is 4.79 Å². The first kappa shape index (κ1) is 17.2. The van der Waals surface area contributed by atoms with E-state index < -0.39 is 24.0 Å². The number of esters is 1. The Kier molecular flexibility index (Phi) is 8.32. The molecule has 0 spiro atoms. The van der Waals surface area contributed by atoms with Crippen molar-refractivity contribution in [3.63, 3.8) is 0 Å². The molecule has 0 aliphatic carbocycles. The van der Waals surface area contributed by atoms with E-state index >= 15 is 0 Å². The van der Waals surface area contributed by atoms with Crippen molar-refractivity contribution >= 4 is 18.0 Å². The van der Waals surface area contributed by atoms with Gasteiger partial charge in [-0.1, -0.05) is 13.8 Å². The summed E-state index contributed by atoms with van der Waals surface area (Å²) in [6, 6.07) is -1.13. The van der Waals surface area contributed by atoms with Gasteiger partial charge in [-0.2, -0.15) is 0 Å². The number of carbonyl (C=O) groups is 3. The lowest BCUT2D eigenvalue weighted by Crippen LogP contribution is -2.47. The Bertz CT molecular complexity index is 319. The number of carbonyl (C=O) groups excluding carboxylic acids is 2. The molecule has 0 heterocycles. The van der Waals surface area contributed by atoms with Gasteiger partial charge in [0.25, 0.3) is 0 Å². The van der Waals surface area contributed by atoms with Gasteiger partial charge in [-0.05, 0) is 18.8 Å². The van der Waals surface area contributed by atoms with Gasteiger partial charge in [0.05, 0.1) is 7.11 Å². The maximum Gasteiger partial charge on any atom is 0.328 e. The summed E-state index contributed by atoms with van der Waals surface area (Å²) in [5.74, 6) is -1.29. The van der Waals surface area contributed by atoms with E-state index in [1.165, 1.54) is 7.11 Å². The molecule has 0 aromatic heterocycles. The topological polar surface area (TPSA) is 105 Å². The number of carboxylic acids is 1. The standard InChI is InChI=1S/C12H22N2O5/c1-4-9(11(17)19-3)14-12(18)13-7-8(2)5-6-10(15)16/h8-9H,4-7H2,1-3H3,(H,15,16)(H2,13,14,18). The average Bonchev–Trinajstić information content (AvgIpc) is 2.39. The zero-order valence-corrected chi connectivity index (χ0v) is 11.6. The molecule has 2 unspecified atom stereocenters. The lowest BCUT2D eigenvalue weighted by Gasteiger charge is -2.16. The van der Waals surface area contributed by atoms with Crippen LogP contribution in [-0.4, -0.2) is 42.8 Å². The van der Waals surface area contributed by atoms with Gasteiger partial charge in [-0.15, -0.1) is 0 Å². The monoisotopic (exact) mass is 274 g/mol. The lowest BCUT2D eigenvalue weighted by atomic mass is 10.1. The number of hydrogen-bond acceptors (Lipinski definition) is 4. The summed E-state index contributed by atoms with van der Waals surface area (Å²) in [4.78, 5) is 33.2. The Labute approximate surface area is 112 Å². The summed E-state index contributed by atoms with van der Waals surface area (Å²) in [6.07, 6.45) is 1.00. The Morgan fingerprint density at radius 1 is 1.32 bits per heavy atom. The second-order valence-electron chi connectivity index (χ2n) is 4.38. The maximum absolute atomic E-state index is 11.5. The summed E-state index contributed by atoms with van der Waals surface area (Å²) in [5, 5.41) is 13.6. The summed E-state index contributed by atoms with van der Waals surface area (Å²) < 4.78 is 4.55. The summed E-state index contributed by atoms with van der Waals surface area (Å²) in [5.41, 5.74) is 0. The predicted molar refractivity (Wildman–Crippen MR) is 68.7 cm³/mol. The molecule has 3 N–H and O–H groups in total. The second kappa shape index (κ2) is 9.18. The molecule has 7 nitrogen and oxygen atoms in total. The normalized spacial score (nSPS) is 13.2. The molecule has 0 aliphatic heterocycles. The third-order valence-electron chi connectivity index (χ3n) is 2.66.